The minimum Gasteiger partial charge on any atom is -0.314 e. The van der Waals surface area contributed by atoms with Gasteiger partial charge in [-0.1, -0.05) is 17.7 Å². The molecular weight excluding hydrogens is 224 g/mol. The van der Waals surface area contributed by atoms with Crippen LogP contribution in [0.5, 0.6) is 0 Å². The van der Waals surface area contributed by atoms with E-state index in [0.717, 1.165) is 11.4 Å². The second kappa shape index (κ2) is 4.84. The molecule has 1 aromatic carbocycles. The van der Waals surface area contributed by atoms with Gasteiger partial charge >= 0.3 is 0 Å². The Morgan fingerprint density at radius 1 is 1.11 bits per heavy atom. The lowest BCUT2D eigenvalue weighted by atomic mass is 10.2. The molecule has 2 rings (SSSR count). The molecule has 0 N–H and O–H groups in total. The van der Waals surface area contributed by atoms with Gasteiger partial charge in [0.25, 0.3) is 0 Å². The average molecular weight is 238 g/mol. The van der Waals surface area contributed by atoms with Crippen molar-refractivity contribution in [2.24, 2.45) is 0 Å². The molecule has 0 spiro atoms. The van der Waals surface area contributed by atoms with Crippen molar-refractivity contribution in [1.82, 2.24) is 9.97 Å². The van der Waals surface area contributed by atoms with Gasteiger partial charge in [-0.15, -0.1) is 0 Å². The molecule has 0 saturated heterocycles. The minimum absolute atomic E-state index is 0.386. The highest BCUT2D eigenvalue weighted by Crippen LogP contribution is 2.20. The molecule has 90 valence electrons. The van der Waals surface area contributed by atoms with Crippen LogP contribution in [-0.4, -0.2) is 17.0 Å². The molecule has 0 unspecified atom stereocenters. The van der Waals surface area contributed by atoms with Crippen molar-refractivity contribution in [3.63, 3.8) is 0 Å². The van der Waals surface area contributed by atoms with E-state index in [1.165, 1.54) is 5.56 Å². The minimum atomic E-state index is 0.386. The second-order valence-electron chi connectivity index (χ2n) is 4.20. The predicted octanol–water partition coefficient (Wildman–Crippen LogP) is 2.73. The summed E-state index contributed by atoms with van der Waals surface area (Å²) in [5, 5.41) is 8.92. The molecule has 0 aliphatic carbocycles. The van der Waals surface area contributed by atoms with Gasteiger partial charge in [0.1, 0.15) is 11.8 Å². The highest BCUT2D eigenvalue weighted by Gasteiger charge is 2.08. The maximum atomic E-state index is 8.92. The molecule has 1 heterocycles. The summed E-state index contributed by atoms with van der Waals surface area (Å²) in [6.45, 7) is 3.90. The van der Waals surface area contributed by atoms with E-state index in [1.807, 2.05) is 56.1 Å². The first-order valence-corrected chi connectivity index (χ1v) is 5.66. The quantitative estimate of drug-likeness (QED) is 0.807. The van der Waals surface area contributed by atoms with Crippen LogP contribution in [0.2, 0.25) is 0 Å². The van der Waals surface area contributed by atoms with Gasteiger partial charge in [-0.05, 0) is 32.0 Å². The summed E-state index contributed by atoms with van der Waals surface area (Å²) in [4.78, 5) is 10.4. The second-order valence-corrected chi connectivity index (χ2v) is 4.20. The van der Waals surface area contributed by atoms with E-state index in [4.69, 9.17) is 5.26 Å². The molecule has 0 bridgehead atoms. The van der Waals surface area contributed by atoms with Crippen molar-refractivity contribution in [2.45, 2.75) is 13.8 Å². The number of nitriles is 1. The van der Waals surface area contributed by atoms with Crippen LogP contribution in [0.25, 0.3) is 0 Å². The summed E-state index contributed by atoms with van der Waals surface area (Å²) >= 11 is 0. The highest BCUT2D eigenvalue weighted by molar-refractivity contribution is 5.57. The van der Waals surface area contributed by atoms with Gasteiger partial charge in [-0.25, -0.2) is 9.97 Å². The summed E-state index contributed by atoms with van der Waals surface area (Å²) in [7, 11) is 1.89. The first kappa shape index (κ1) is 12.1. The molecule has 0 amide bonds. The van der Waals surface area contributed by atoms with Crippen molar-refractivity contribution < 1.29 is 0 Å². The Bertz CT molecular complexity index is 596. The third kappa shape index (κ3) is 2.46. The lowest BCUT2D eigenvalue weighted by molar-refractivity contribution is 1.00. The largest absolute Gasteiger partial charge is 0.314 e. The average Bonchev–Trinajstić information content (AvgIpc) is 2.38. The van der Waals surface area contributed by atoms with Crippen LogP contribution in [0.3, 0.4) is 0 Å². The zero-order valence-corrected chi connectivity index (χ0v) is 10.7. The van der Waals surface area contributed by atoms with E-state index in [-0.39, 0.29) is 0 Å². The molecule has 0 aliphatic rings. The lowest BCUT2D eigenvalue weighted by Crippen LogP contribution is -2.14. The van der Waals surface area contributed by atoms with Gasteiger partial charge in [0.05, 0.1) is 0 Å². The number of nitrogens with zero attached hydrogens (tertiary/aromatic N) is 4. The first-order chi connectivity index (χ1) is 8.60. The summed E-state index contributed by atoms with van der Waals surface area (Å²) in [5.41, 5.74) is 3.37. The predicted molar refractivity (Wildman–Crippen MR) is 70.7 cm³/mol. The smallest absolute Gasteiger partial charge is 0.231 e. The number of anilines is 2. The van der Waals surface area contributed by atoms with E-state index in [2.05, 4.69) is 9.97 Å². The molecule has 4 nitrogen and oxygen atoms in total. The Morgan fingerprint density at radius 3 is 2.39 bits per heavy atom. The van der Waals surface area contributed by atoms with Crippen molar-refractivity contribution in [3.8, 4) is 6.07 Å². The van der Waals surface area contributed by atoms with Crippen molar-refractivity contribution in [1.29, 1.82) is 5.26 Å². The van der Waals surface area contributed by atoms with Crippen LogP contribution in [0.4, 0.5) is 11.6 Å². The maximum Gasteiger partial charge on any atom is 0.231 e. The van der Waals surface area contributed by atoms with Crippen molar-refractivity contribution >= 4 is 11.6 Å². The number of rotatable bonds is 2. The molecular formula is C14H14N4. The van der Waals surface area contributed by atoms with Gasteiger partial charge < -0.3 is 4.90 Å². The molecule has 18 heavy (non-hydrogen) atoms. The Morgan fingerprint density at radius 2 is 1.78 bits per heavy atom. The fraction of sp³-hybridized carbons (Fsp3) is 0.214. The SMILES string of the molecule is Cc1ccc(N(C)c2nc(C)cc(C#N)n2)cc1. The number of hydrogen-bond donors (Lipinski definition) is 0. The Balaban J connectivity index is 2.39. The molecule has 0 aliphatic heterocycles. The fourth-order valence-corrected chi connectivity index (χ4v) is 1.64. The molecule has 4 heteroatoms. The van der Waals surface area contributed by atoms with Crippen LogP contribution in [0.1, 0.15) is 17.0 Å². The molecule has 1 aromatic heterocycles. The van der Waals surface area contributed by atoms with Gasteiger partial charge in [0, 0.05) is 18.4 Å². The topological polar surface area (TPSA) is 52.8 Å². The van der Waals surface area contributed by atoms with E-state index >= 15 is 0 Å². The van der Waals surface area contributed by atoms with E-state index in [1.54, 1.807) is 6.07 Å². The normalized spacial score (nSPS) is 9.89. The summed E-state index contributed by atoms with van der Waals surface area (Å²) in [5.74, 6) is 0.537. The Hall–Kier alpha value is -2.41. The highest BCUT2D eigenvalue weighted by atomic mass is 15.2. The third-order valence-corrected chi connectivity index (χ3v) is 2.68. The Kier molecular flexibility index (Phi) is 3.24. The van der Waals surface area contributed by atoms with E-state index < -0.39 is 0 Å². The number of aromatic nitrogens is 2. The maximum absolute atomic E-state index is 8.92. The monoisotopic (exact) mass is 238 g/mol. The molecule has 0 saturated carbocycles. The van der Waals surface area contributed by atoms with Crippen molar-refractivity contribution in [2.75, 3.05) is 11.9 Å². The zero-order chi connectivity index (χ0) is 13.1. The zero-order valence-electron chi connectivity index (χ0n) is 10.7. The number of aryl methyl sites for hydroxylation is 2. The van der Waals surface area contributed by atoms with Crippen LogP contribution in [0.15, 0.2) is 30.3 Å². The third-order valence-electron chi connectivity index (χ3n) is 2.68. The Labute approximate surface area is 107 Å². The van der Waals surface area contributed by atoms with E-state index in [0.29, 0.717) is 11.6 Å². The summed E-state index contributed by atoms with van der Waals surface area (Å²) in [6, 6.07) is 11.8. The van der Waals surface area contributed by atoms with Gasteiger partial charge in [0.2, 0.25) is 5.95 Å². The van der Waals surface area contributed by atoms with Gasteiger partial charge in [-0.3, -0.25) is 0 Å². The molecule has 0 atom stereocenters. The number of hydrogen-bond acceptors (Lipinski definition) is 4. The van der Waals surface area contributed by atoms with E-state index in [9.17, 15) is 0 Å². The van der Waals surface area contributed by atoms with Crippen LogP contribution in [0, 0.1) is 25.2 Å². The molecule has 2 aromatic rings. The van der Waals surface area contributed by atoms with Crippen LogP contribution >= 0.6 is 0 Å². The lowest BCUT2D eigenvalue weighted by Gasteiger charge is -2.17. The summed E-state index contributed by atoms with van der Waals surface area (Å²) in [6.07, 6.45) is 0. The number of benzene rings is 1. The van der Waals surface area contributed by atoms with Crippen LogP contribution < -0.4 is 4.90 Å². The van der Waals surface area contributed by atoms with Crippen molar-refractivity contribution in [3.05, 3.63) is 47.3 Å². The molecule has 0 fully saturated rings. The van der Waals surface area contributed by atoms with Crippen LogP contribution in [-0.2, 0) is 0 Å². The standard InChI is InChI=1S/C14H14N4/c1-10-4-6-13(7-5-10)18(3)14-16-11(2)8-12(9-15)17-14/h4-8H,1-3H3. The van der Waals surface area contributed by atoms with Gasteiger partial charge in [-0.2, -0.15) is 5.26 Å². The first-order valence-electron chi connectivity index (χ1n) is 5.66. The molecule has 0 radical (unpaired) electrons. The van der Waals surface area contributed by atoms with Gasteiger partial charge in [0.15, 0.2) is 0 Å². The summed E-state index contributed by atoms with van der Waals surface area (Å²) < 4.78 is 0. The fourth-order valence-electron chi connectivity index (χ4n) is 1.64.